The van der Waals surface area contributed by atoms with E-state index in [1.54, 1.807) is 6.07 Å². The van der Waals surface area contributed by atoms with E-state index in [1.807, 2.05) is 30.3 Å². The van der Waals surface area contributed by atoms with Crippen LogP contribution in [0, 0.1) is 0 Å². The molecule has 1 atom stereocenters. The van der Waals surface area contributed by atoms with Gasteiger partial charge in [-0.15, -0.1) is 0 Å². The number of hydrogen-bond donors (Lipinski definition) is 4. The van der Waals surface area contributed by atoms with Crippen LogP contribution in [0.5, 0.6) is 5.75 Å². The van der Waals surface area contributed by atoms with Gasteiger partial charge >= 0.3 is 13.3 Å². The molecule has 0 aromatic heterocycles. The van der Waals surface area contributed by atoms with Crippen molar-refractivity contribution in [2.45, 2.75) is 35.9 Å². The summed E-state index contributed by atoms with van der Waals surface area (Å²) in [5.74, 6) is 0.101. The molecule has 0 spiro atoms. The minimum atomic E-state index is -5.75. The quantitative estimate of drug-likeness (QED) is 0.167. The number of carbonyl (C=O) groups excluding carboxylic acids is 1. The van der Waals surface area contributed by atoms with Crippen LogP contribution in [-0.4, -0.2) is 43.3 Å². The summed E-state index contributed by atoms with van der Waals surface area (Å²) in [7, 11) is -9.85. The lowest BCUT2D eigenvalue weighted by Crippen LogP contribution is -2.48. The summed E-state index contributed by atoms with van der Waals surface area (Å²) in [6.07, 6.45) is 0.991. The molecule has 0 aliphatic rings. The Labute approximate surface area is 225 Å². The third-order valence-electron chi connectivity index (χ3n) is 5.66. The zero-order valence-electron chi connectivity index (χ0n) is 20.7. The summed E-state index contributed by atoms with van der Waals surface area (Å²) in [5.41, 5.74) is -4.99. The van der Waals surface area contributed by atoms with Crippen LogP contribution in [0.3, 0.4) is 0 Å². The predicted octanol–water partition coefficient (Wildman–Crippen LogP) is 3.78. The first-order valence-electron chi connectivity index (χ1n) is 12.0. The molecule has 3 aromatic rings. The third kappa shape index (κ3) is 8.67. The lowest BCUT2D eigenvalue weighted by molar-refractivity contribution is -0.122. The largest absolute Gasteiger partial charge is 0.494 e. The summed E-state index contributed by atoms with van der Waals surface area (Å²) < 4.78 is 72.9. The molecule has 3 aromatic carbocycles. The molecule has 0 aliphatic heterocycles. The lowest BCUT2D eigenvalue weighted by atomic mass is 10.0. The molecule has 3 rings (SSSR count). The SMILES string of the molecule is O=C(NCCCCOc1ccccc1)[C@H](Cc1ccc(C(F)(F)P(=O)(O)O)cc1)NS(=O)(=O)c1ccccc1. The van der Waals surface area contributed by atoms with E-state index < -0.39 is 40.8 Å². The van der Waals surface area contributed by atoms with E-state index in [0.29, 0.717) is 25.0 Å². The molecule has 1 amide bonds. The normalized spacial score (nSPS) is 13.0. The van der Waals surface area contributed by atoms with Crippen molar-refractivity contribution in [1.82, 2.24) is 10.0 Å². The first-order chi connectivity index (χ1) is 18.4. The van der Waals surface area contributed by atoms with Gasteiger partial charge < -0.3 is 19.8 Å². The first kappa shape index (κ1) is 30.4. The van der Waals surface area contributed by atoms with Crippen molar-refractivity contribution in [1.29, 1.82) is 0 Å². The number of alkyl halides is 2. The summed E-state index contributed by atoms with van der Waals surface area (Å²) in [4.78, 5) is 30.8. The van der Waals surface area contributed by atoms with Crippen LogP contribution < -0.4 is 14.8 Å². The number of para-hydroxylation sites is 1. The Hall–Kier alpha value is -3.15. The second-order valence-corrected chi connectivity index (χ2v) is 12.0. The van der Waals surface area contributed by atoms with Crippen molar-refractivity contribution >= 4 is 23.5 Å². The molecule has 4 N–H and O–H groups in total. The van der Waals surface area contributed by atoms with E-state index >= 15 is 0 Å². The second-order valence-electron chi connectivity index (χ2n) is 8.63. The number of amides is 1. The molecule has 39 heavy (non-hydrogen) atoms. The van der Waals surface area contributed by atoms with E-state index in [1.165, 1.54) is 24.3 Å². The van der Waals surface area contributed by atoms with Crippen LogP contribution in [0.25, 0.3) is 0 Å². The molecule has 0 unspecified atom stereocenters. The van der Waals surface area contributed by atoms with Crippen molar-refractivity contribution in [2.24, 2.45) is 0 Å². The van der Waals surface area contributed by atoms with Gasteiger partial charge in [0.25, 0.3) is 0 Å². The number of ether oxygens (including phenoxy) is 1. The molecule has 0 aliphatic carbocycles. The maximum absolute atomic E-state index is 14.0. The van der Waals surface area contributed by atoms with Crippen molar-refractivity contribution < 1.29 is 41.1 Å². The van der Waals surface area contributed by atoms with Crippen molar-refractivity contribution in [2.75, 3.05) is 13.2 Å². The monoisotopic (exact) mass is 582 g/mol. The lowest BCUT2D eigenvalue weighted by Gasteiger charge is -2.20. The van der Waals surface area contributed by atoms with Crippen LogP contribution in [0.2, 0.25) is 0 Å². The second kappa shape index (κ2) is 13.3. The summed E-state index contributed by atoms with van der Waals surface area (Å²) in [6, 6.07) is 19.4. The van der Waals surface area contributed by atoms with Gasteiger partial charge in [0.05, 0.1) is 11.5 Å². The van der Waals surface area contributed by atoms with Crippen molar-refractivity contribution in [3.05, 3.63) is 96.1 Å². The maximum atomic E-state index is 14.0. The number of hydrogen-bond acceptors (Lipinski definition) is 5. The summed E-state index contributed by atoms with van der Waals surface area (Å²) in [6.45, 7) is 0.670. The summed E-state index contributed by atoms with van der Waals surface area (Å²) >= 11 is 0. The number of benzene rings is 3. The Kier molecular flexibility index (Phi) is 10.3. The van der Waals surface area contributed by atoms with Gasteiger partial charge in [0.2, 0.25) is 15.9 Å². The van der Waals surface area contributed by atoms with E-state index in [4.69, 9.17) is 14.5 Å². The van der Waals surface area contributed by atoms with Gasteiger partial charge in [-0.25, -0.2) is 8.42 Å². The van der Waals surface area contributed by atoms with Crippen molar-refractivity contribution in [3.8, 4) is 5.75 Å². The van der Waals surface area contributed by atoms with Gasteiger partial charge in [0.1, 0.15) is 11.8 Å². The number of halogens is 2. The highest BCUT2D eigenvalue weighted by atomic mass is 32.2. The Morgan fingerprint density at radius 1 is 0.923 bits per heavy atom. The molecule has 0 saturated heterocycles. The Balaban J connectivity index is 1.66. The fraction of sp³-hybridized carbons (Fsp3) is 0.269. The zero-order chi connectivity index (χ0) is 28.5. The first-order valence-corrected chi connectivity index (χ1v) is 15.1. The third-order valence-corrected chi connectivity index (χ3v) is 8.13. The Morgan fingerprint density at radius 3 is 2.10 bits per heavy atom. The van der Waals surface area contributed by atoms with Gasteiger partial charge in [-0.05, 0) is 49.1 Å². The van der Waals surface area contributed by atoms with Crippen LogP contribution in [0.4, 0.5) is 8.78 Å². The molecule has 0 saturated carbocycles. The van der Waals surface area contributed by atoms with Gasteiger partial charge in [-0.2, -0.15) is 13.5 Å². The van der Waals surface area contributed by atoms with Gasteiger partial charge in [0, 0.05) is 12.1 Å². The van der Waals surface area contributed by atoms with Crippen LogP contribution >= 0.6 is 7.60 Å². The minimum absolute atomic E-state index is 0.0579. The molecule has 9 nitrogen and oxygen atoms in total. The number of unbranched alkanes of at least 4 members (excludes halogenated alkanes) is 1. The van der Waals surface area contributed by atoms with E-state index in [-0.39, 0.29) is 17.9 Å². The van der Waals surface area contributed by atoms with E-state index in [2.05, 4.69) is 10.0 Å². The molecule has 210 valence electrons. The standard InChI is InChI=1S/C26H29F2N2O7PS/c27-26(28,38(32,33)34)21-15-13-20(14-16-21)19-24(30-39(35,36)23-11-5-2-6-12-23)25(31)29-17-7-8-18-37-22-9-3-1-4-10-22/h1-6,9-16,24,30H,7-8,17-19H2,(H,29,31)(H2,32,33,34)/t24-/m0/s1. The van der Waals surface area contributed by atoms with Gasteiger partial charge in [-0.3, -0.25) is 9.36 Å². The zero-order valence-corrected chi connectivity index (χ0v) is 22.5. The Bertz CT molecular complexity index is 1370. The Morgan fingerprint density at radius 2 is 1.51 bits per heavy atom. The molecule has 0 fully saturated rings. The molecule has 13 heteroatoms. The minimum Gasteiger partial charge on any atom is -0.494 e. The van der Waals surface area contributed by atoms with E-state index in [0.717, 1.165) is 30.0 Å². The van der Waals surface area contributed by atoms with Crippen molar-refractivity contribution in [3.63, 3.8) is 0 Å². The highest BCUT2D eigenvalue weighted by Crippen LogP contribution is 2.59. The highest BCUT2D eigenvalue weighted by Gasteiger charge is 2.50. The molecular weight excluding hydrogens is 553 g/mol. The number of sulfonamides is 1. The number of carbonyl (C=O) groups is 1. The predicted molar refractivity (Wildman–Crippen MR) is 141 cm³/mol. The maximum Gasteiger partial charge on any atom is 0.399 e. The average molecular weight is 583 g/mol. The van der Waals surface area contributed by atoms with Crippen LogP contribution in [0.1, 0.15) is 24.0 Å². The average Bonchev–Trinajstić information content (AvgIpc) is 2.91. The van der Waals surface area contributed by atoms with Gasteiger partial charge in [0.15, 0.2) is 0 Å². The smallest absolute Gasteiger partial charge is 0.399 e. The van der Waals surface area contributed by atoms with Crippen LogP contribution in [-0.2, 0) is 31.5 Å². The number of nitrogens with one attached hydrogen (secondary N) is 2. The fourth-order valence-electron chi connectivity index (χ4n) is 3.56. The van der Waals surface area contributed by atoms with Crippen LogP contribution in [0.15, 0.2) is 89.8 Å². The van der Waals surface area contributed by atoms with Gasteiger partial charge in [-0.1, -0.05) is 60.7 Å². The molecule has 0 heterocycles. The fourth-order valence-corrected chi connectivity index (χ4v) is 5.26. The highest BCUT2D eigenvalue weighted by molar-refractivity contribution is 7.89. The topological polar surface area (TPSA) is 142 Å². The molecule has 0 bridgehead atoms. The molecular formula is C26H29F2N2O7PS. The van der Waals surface area contributed by atoms with E-state index in [9.17, 15) is 26.6 Å². The molecule has 0 radical (unpaired) electrons. The summed E-state index contributed by atoms with van der Waals surface area (Å²) in [5, 5.41) is 2.69. The number of rotatable bonds is 14.